The third-order valence-corrected chi connectivity index (χ3v) is 7.82. The van der Waals surface area contributed by atoms with Crippen LogP contribution in [-0.2, 0) is 32.0 Å². The van der Waals surface area contributed by atoms with Crippen molar-refractivity contribution in [1.82, 2.24) is 10.9 Å². The van der Waals surface area contributed by atoms with Crippen molar-refractivity contribution in [1.29, 1.82) is 0 Å². The Hall–Kier alpha value is -3.97. The fraction of sp³-hybridized carbons (Fsp3) is 0.355. The zero-order valence-corrected chi connectivity index (χ0v) is 26.1. The van der Waals surface area contributed by atoms with Crippen molar-refractivity contribution < 1.29 is 28.8 Å². The van der Waals surface area contributed by atoms with Gasteiger partial charge in [-0.3, -0.25) is 10.2 Å². The summed E-state index contributed by atoms with van der Waals surface area (Å²) in [6.07, 6.45) is -0.781. The number of aliphatic hydroxyl groups is 1. The molecule has 0 saturated carbocycles. The number of aliphatic hydroxyl groups excluding tert-OH is 1. The summed E-state index contributed by atoms with van der Waals surface area (Å²) >= 11 is 3.65. The molecule has 3 N–H and O–H groups in total. The minimum atomic E-state index is -1.50. The van der Waals surface area contributed by atoms with Crippen LogP contribution in [-0.4, -0.2) is 62.7 Å². The second-order valence-corrected chi connectivity index (χ2v) is 10.7. The first-order valence-corrected chi connectivity index (χ1v) is 14.8. The molecule has 1 amide bonds. The topological polar surface area (TPSA) is 159 Å². The fourth-order valence-electron chi connectivity index (χ4n) is 4.82. The molecule has 13 heteroatoms. The molecule has 0 radical (unpaired) electrons. The number of benzene rings is 3. The number of carbonyl (C=O) groups is 1. The van der Waals surface area contributed by atoms with E-state index >= 15 is 0 Å². The molecule has 232 valence electrons. The highest BCUT2D eigenvalue weighted by molar-refractivity contribution is 9.10. The molecule has 0 saturated heterocycles. The van der Waals surface area contributed by atoms with Crippen molar-refractivity contribution in [2.75, 3.05) is 34.0 Å². The number of methoxy groups -OCH3 is 2. The van der Waals surface area contributed by atoms with E-state index in [0.717, 1.165) is 21.2 Å². The summed E-state index contributed by atoms with van der Waals surface area (Å²) < 4.78 is 23.5. The number of hydrogen-bond donors (Lipinski definition) is 3. The zero-order chi connectivity index (χ0) is 31.4. The number of amides is 1. The highest BCUT2D eigenvalue weighted by Gasteiger charge is 2.54. The Labute approximate surface area is 264 Å². The number of halogens is 1. The quantitative estimate of drug-likeness (QED) is 0.0496. The first-order chi connectivity index (χ1) is 21.4. The lowest BCUT2D eigenvalue weighted by Gasteiger charge is -2.32. The van der Waals surface area contributed by atoms with Gasteiger partial charge in [-0.2, -0.15) is 0 Å². The summed E-state index contributed by atoms with van der Waals surface area (Å²) in [5.41, 5.74) is 16.1. The molecule has 2 atom stereocenters. The van der Waals surface area contributed by atoms with Crippen LogP contribution in [0, 0.1) is 0 Å². The van der Waals surface area contributed by atoms with Gasteiger partial charge in [0.2, 0.25) is 5.90 Å². The first-order valence-electron chi connectivity index (χ1n) is 14.0. The van der Waals surface area contributed by atoms with E-state index in [2.05, 4.69) is 36.8 Å². The summed E-state index contributed by atoms with van der Waals surface area (Å²) in [5, 5.41) is 12.8. The molecule has 1 aliphatic rings. The van der Waals surface area contributed by atoms with Crippen molar-refractivity contribution in [2.45, 2.75) is 37.3 Å². The number of rotatable bonds is 16. The Balaban J connectivity index is 1.80. The average molecular weight is 668 g/mol. The maximum Gasteiger partial charge on any atom is 0.266 e. The fourth-order valence-corrected chi connectivity index (χ4v) is 5.31. The van der Waals surface area contributed by atoms with Gasteiger partial charge in [-0.25, -0.2) is 10.4 Å². The molecule has 4 rings (SSSR count). The summed E-state index contributed by atoms with van der Waals surface area (Å²) in [6.45, 7) is 0.718. The molecular formula is C31H35BrN6O6. The SMILES string of the molecule is COC(CNNC(=O)[C@@]1(Cc2ccccc2CN=[N+]=[N-])N=C(c2ccc(OCCCO)cc2)O[C@H]1c1ccccc1Br)OC. The highest BCUT2D eigenvalue weighted by Crippen LogP contribution is 2.45. The number of carbonyl (C=O) groups excluding carboxylic acids is 1. The number of nitrogens with zero attached hydrogens (tertiary/aromatic N) is 4. The second-order valence-electron chi connectivity index (χ2n) is 9.88. The monoisotopic (exact) mass is 666 g/mol. The Morgan fingerprint density at radius 3 is 2.50 bits per heavy atom. The van der Waals surface area contributed by atoms with Gasteiger partial charge >= 0.3 is 0 Å². The predicted molar refractivity (Wildman–Crippen MR) is 168 cm³/mol. The number of aliphatic imine (C=N–C) groups is 1. The minimum Gasteiger partial charge on any atom is -0.494 e. The second kappa shape index (κ2) is 16.2. The predicted octanol–water partition coefficient (Wildman–Crippen LogP) is 4.76. The van der Waals surface area contributed by atoms with Gasteiger partial charge in [-0.05, 0) is 47.0 Å². The van der Waals surface area contributed by atoms with Gasteiger partial charge in [0.05, 0.1) is 19.7 Å². The lowest BCUT2D eigenvalue weighted by atomic mass is 9.81. The third-order valence-electron chi connectivity index (χ3n) is 7.10. The molecule has 12 nitrogen and oxygen atoms in total. The van der Waals surface area contributed by atoms with Gasteiger partial charge in [0.15, 0.2) is 17.9 Å². The average Bonchev–Trinajstić information content (AvgIpc) is 3.43. The maximum absolute atomic E-state index is 14.3. The maximum atomic E-state index is 14.3. The molecule has 3 aromatic carbocycles. The van der Waals surface area contributed by atoms with Crippen LogP contribution in [0.2, 0.25) is 0 Å². The number of hydrogen-bond acceptors (Lipinski definition) is 9. The van der Waals surface area contributed by atoms with E-state index in [-0.39, 0.29) is 32.0 Å². The number of azide groups is 1. The van der Waals surface area contributed by atoms with E-state index < -0.39 is 23.8 Å². The lowest BCUT2D eigenvalue weighted by molar-refractivity contribution is -0.131. The van der Waals surface area contributed by atoms with Crippen LogP contribution >= 0.6 is 15.9 Å². The molecule has 0 spiro atoms. The van der Waals surface area contributed by atoms with Crippen LogP contribution in [0.25, 0.3) is 10.4 Å². The van der Waals surface area contributed by atoms with E-state index in [4.69, 9.17) is 34.6 Å². The molecule has 3 aromatic rings. The molecule has 1 aliphatic heterocycles. The normalized spacial score (nSPS) is 17.5. The number of hydrazine groups is 1. The van der Waals surface area contributed by atoms with Crippen molar-refractivity contribution >= 4 is 27.7 Å². The van der Waals surface area contributed by atoms with E-state index in [1.807, 2.05) is 60.7 Å². The lowest BCUT2D eigenvalue weighted by Crippen LogP contribution is -2.55. The Bertz CT molecular complexity index is 1480. The van der Waals surface area contributed by atoms with Gasteiger partial charge in [-0.15, -0.1) is 0 Å². The molecule has 0 aromatic heterocycles. The number of nitrogens with one attached hydrogen (secondary N) is 2. The summed E-state index contributed by atoms with van der Waals surface area (Å²) in [4.78, 5) is 22.3. The minimum absolute atomic E-state index is 0.0434. The van der Waals surface area contributed by atoms with Crippen molar-refractivity contribution in [3.8, 4) is 5.75 Å². The van der Waals surface area contributed by atoms with Crippen LogP contribution in [0.1, 0.15) is 34.8 Å². The van der Waals surface area contributed by atoms with Crippen LogP contribution in [0.4, 0.5) is 0 Å². The van der Waals surface area contributed by atoms with E-state index in [0.29, 0.717) is 24.3 Å². The van der Waals surface area contributed by atoms with Gasteiger partial charge < -0.3 is 24.1 Å². The highest BCUT2D eigenvalue weighted by atomic mass is 79.9. The van der Waals surface area contributed by atoms with Gasteiger partial charge in [-0.1, -0.05) is 63.5 Å². The molecule has 1 heterocycles. The van der Waals surface area contributed by atoms with E-state index in [9.17, 15) is 4.79 Å². The van der Waals surface area contributed by atoms with Crippen molar-refractivity contribution in [3.63, 3.8) is 0 Å². The standard InChI is InChI=1S/C31H35BrN6O6/c1-41-27(42-2)20-34-37-30(40)31(18-22-8-3-4-9-23(22)19-35-38-33)28(25-10-5-6-11-26(25)32)44-29(36-31)21-12-14-24(15-13-21)43-17-7-16-39/h3-6,8-15,27-28,34,39H,7,16-20H2,1-2H3,(H,37,40)/t28-,31-/m0/s1. The molecule has 0 fully saturated rings. The third kappa shape index (κ3) is 7.94. The van der Waals surface area contributed by atoms with Crippen LogP contribution in [0.3, 0.4) is 0 Å². The molecule has 0 aliphatic carbocycles. The first kappa shape index (κ1) is 32.9. The van der Waals surface area contributed by atoms with Crippen LogP contribution in [0.5, 0.6) is 5.75 Å². The Morgan fingerprint density at radius 1 is 1.11 bits per heavy atom. The zero-order valence-electron chi connectivity index (χ0n) is 24.5. The van der Waals surface area contributed by atoms with Gasteiger partial charge in [0.1, 0.15) is 5.75 Å². The Morgan fingerprint density at radius 2 is 1.82 bits per heavy atom. The van der Waals surface area contributed by atoms with E-state index in [1.165, 1.54) is 14.2 Å². The largest absolute Gasteiger partial charge is 0.494 e. The molecule has 0 bridgehead atoms. The van der Waals surface area contributed by atoms with Crippen LogP contribution < -0.4 is 15.6 Å². The molecule has 44 heavy (non-hydrogen) atoms. The summed E-state index contributed by atoms with van der Waals surface area (Å²) in [6, 6.07) is 22.2. The smallest absolute Gasteiger partial charge is 0.266 e. The van der Waals surface area contributed by atoms with Crippen molar-refractivity contribution in [2.24, 2.45) is 10.1 Å². The summed E-state index contributed by atoms with van der Waals surface area (Å²) in [7, 11) is 3.01. The van der Waals surface area contributed by atoms with Gasteiger partial charge in [0.25, 0.3) is 5.91 Å². The number of ether oxygens (including phenoxy) is 4. The summed E-state index contributed by atoms with van der Waals surface area (Å²) in [5.74, 6) is 0.470. The van der Waals surface area contributed by atoms with Crippen molar-refractivity contribution in [3.05, 3.63) is 110 Å². The Kier molecular flexibility index (Phi) is 12.1. The van der Waals surface area contributed by atoms with Gasteiger partial charge in [0, 0.05) is 54.2 Å². The molecular weight excluding hydrogens is 632 g/mol. The molecule has 0 unspecified atom stereocenters. The van der Waals surface area contributed by atoms with Crippen LogP contribution in [0.15, 0.2) is 87.4 Å². The van der Waals surface area contributed by atoms with E-state index in [1.54, 1.807) is 12.1 Å².